The molecule has 0 bridgehead atoms. The summed E-state index contributed by atoms with van der Waals surface area (Å²) in [5.41, 5.74) is 0.244. The zero-order chi connectivity index (χ0) is 13.7. The number of aliphatic hydroxyl groups is 1. The Bertz CT molecular complexity index is 417. The van der Waals surface area contributed by atoms with Crippen LogP contribution in [0, 0.1) is 6.92 Å². The van der Waals surface area contributed by atoms with Crippen LogP contribution in [0.2, 0.25) is 0 Å². The van der Waals surface area contributed by atoms with E-state index in [1.807, 2.05) is 19.9 Å². The number of nitrogens with one attached hydrogen (secondary N) is 1. The van der Waals surface area contributed by atoms with Crippen LogP contribution in [0.1, 0.15) is 44.7 Å². The maximum absolute atomic E-state index is 10.4. The highest BCUT2D eigenvalue weighted by molar-refractivity contribution is 5.31. The van der Waals surface area contributed by atoms with Crippen LogP contribution in [0.25, 0.3) is 0 Å². The Balaban J connectivity index is 1.98. The lowest BCUT2D eigenvalue weighted by Gasteiger charge is -2.32. The summed E-state index contributed by atoms with van der Waals surface area (Å²) in [5, 5.41) is 13.6. The van der Waals surface area contributed by atoms with Crippen molar-refractivity contribution >= 4 is 5.95 Å². The molecule has 0 aromatic carbocycles. The lowest BCUT2D eigenvalue weighted by Crippen LogP contribution is -2.39. The van der Waals surface area contributed by atoms with Crippen LogP contribution in [0.15, 0.2) is 6.07 Å². The summed E-state index contributed by atoms with van der Waals surface area (Å²) in [6.07, 6.45) is 5.11. The first-order valence-electron chi connectivity index (χ1n) is 7.06. The van der Waals surface area contributed by atoms with E-state index in [0.29, 0.717) is 25.0 Å². The van der Waals surface area contributed by atoms with Gasteiger partial charge in [0.1, 0.15) is 0 Å². The molecule has 1 fully saturated rings. The third-order valence-corrected chi connectivity index (χ3v) is 3.48. The summed E-state index contributed by atoms with van der Waals surface area (Å²) in [6.45, 7) is 4.92. The summed E-state index contributed by atoms with van der Waals surface area (Å²) in [7, 11) is 0. The molecule has 2 rings (SSSR count). The molecular weight excluding hydrogens is 242 g/mol. The van der Waals surface area contributed by atoms with Crippen molar-refractivity contribution in [3.63, 3.8) is 0 Å². The van der Waals surface area contributed by atoms with Crippen LogP contribution in [0.3, 0.4) is 0 Å². The van der Waals surface area contributed by atoms with Crippen molar-refractivity contribution in [3.05, 3.63) is 11.8 Å². The number of aromatic nitrogens is 2. The van der Waals surface area contributed by atoms with Crippen LogP contribution in [-0.2, 0) is 0 Å². The number of aryl methyl sites for hydroxylation is 1. The molecule has 1 aliphatic carbocycles. The Hall–Kier alpha value is -1.36. The molecular formula is C14H23N3O2. The molecule has 19 heavy (non-hydrogen) atoms. The van der Waals surface area contributed by atoms with E-state index in [2.05, 4.69) is 15.3 Å². The van der Waals surface area contributed by atoms with Gasteiger partial charge in [0.2, 0.25) is 11.8 Å². The fraction of sp³-hybridized carbons (Fsp3) is 0.714. The Kier molecular flexibility index (Phi) is 4.58. The second-order valence-corrected chi connectivity index (χ2v) is 5.24. The van der Waals surface area contributed by atoms with Gasteiger partial charge in [-0.1, -0.05) is 19.3 Å². The van der Waals surface area contributed by atoms with Gasteiger partial charge in [-0.25, -0.2) is 4.98 Å². The fourth-order valence-corrected chi connectivity index (χ4v) is 2.47. The van der Waals surface area contributed by atoms with Gasteiger partial charge in [0.15, 0.2) is 0 Å². The topological polar surface area (TPSA) is 67.3 Å². The van der Waals surface area contributed by atoms with Gasteiger partial charge in [-0.05, 0) is 26.7 Å². The van der Waals surface area contributed by atoms with E-state index >= 15 is 0 Å². The quantitative estimate of drug-likeness (QED) is 0.855. The van der Waals surface area contributed by atoms with Gasteiger partial charge < -0.3 is 15.2 Å². The lowest BCUT2D eigenvalue weighted by molar-refractivity contribution is 0.0165. The largest absolute Gasteiger partial charge is 0.478 e. The van der Waals surface area contributed by atoms with Crippen LogP contribution < -0.4 is 10.1 Å². The maximum atomic E-state index is 10.4. The normalized spacial score (nSPS) is 18.1. The first-order chi connectivity index (χ1) is 9.11. The molecule has 1 heterocycles. The van der Waals surface area contributed by atoms with Gasteiger partial charge in [-0.15, -0.1) is 0 Å². The summed E-state index contributed by atoms with van der Waals surface area (Å²) in [4.78, 5) is 8.60. The highest BCUT2D eigenvalue weighted by Crippen LogP contribution is 2.28. The molecule has 5 nitrogen and oxygen atoms in total. The van der Waals surface area contributed by atoms with E-state index in [9.17, 15) is 5.11 Å². The minimum absolute atomic E-state index is 0.502. The number of hydrogen-bond donors (Lipinski definition) is 2. The maximum Gasteiger partial charge on any atom is 0.226 e. The standard InChI is InChI=1S/C14H23N3O2/c1-3-19-12-9-11(2)16-13(17-12)15-10-14(18)7-5-4-6-8-14/h9,18H,3-8,10H2,1-2H3,(H,15,16,17). The number of ether oxygens (including phenoxy) is 1. The zero-order valence-electron chi connectivity index (χ0n) is 11.8. The zero-order valence-corrected chi connectivity index (χ0v) is 11.8. The molecule has 0 aliphatic heterocycles. The van der Waals surface area contributed by atoms with Crippen molar-refractivity contribution in [2.45, 2.75) is 51.6 Å². The second-order valence-electron chi connectivity index (χ2n) is 5.24. The summed E-state index contributed by atoms with van der Waals surface area (Å²) >= 11 is 0. The van der Waals surface area contributed by atoms with Gasteiger partial charge in [0.25, 0.3) is 0 Å². The molecule has 2 N–H and O–H groups in total. The van der Waals surface area contributed by atoms with Crippen molar-refractivity contribution in [1.82, 2.24) is 9.97 Å². The summed E-state index contributed by atoms with van der Waals surface area (Å²) in [6, 6.07) is 1.81. The smallest absolute Gasteiger partial charge is 0.226 e. The average Bonchev–Trinajstić information content (AvgIpc) is 2.37. The highest BCUT2D eigenvalue weighted by Gasteiger charge is 2.29. The van der Waals surface area contributed by atoms with Gasteiger partial charge in [-0.2, -0.15) is 4.98 Å². The van der Waals surface area contributed by atoms with Gasteiger partial charge >= 0.3 is 0 Å². The van der Waals surface area contributed by atoms with Crippen LogP contribution in [-0.4, -0.2) is 33.8 Å². The van der Waals surface area contributed by atoms with Crippen LogP contribution in [0.4, 0.5) is 5.95 Å². The number of nitrogens with zero attached hydrogens (tertiary/aromatic N) is 2. The molecule has 1 aromatic heterocycles. The molecule has 106 valence electrons. The molecule has 0 amide bonds. The average molecular weight is 265 g/mol. The molecule has 0 unspecified atom stereocenters. The highest BCUT2D eigenvalue weighted by atomic mass is 16.5. The molecule has 0 radical (unpaired) electrons. The van der Waals surface area contributed by atoms with Crippen LogP contribution >= 0.6 is 0 Å². The van der Waals surface area contributed by atoms with E-state index in [1.165, 1.54) is 6.42 Å². The van der Waals surface area contributed by atoms with Crippen molar-refractivity contribution in [2.75, 3.05) is 18.5 Å². The van der Waals surface area contributed by atoms with Crippen molar-refractivity contribution in [2.24, 2.45) is 0 Å². The Labute approximate surface area is 114 Å². The van der Waals surface area contributed by atoms with Gasteiger partial charge in [-0.3, -0.25) is 0 Å². The van der Waals surface area contributed by atoms with Gasteiger partial charge in [0, 0.05) is 18.3 Å². The van der Waals surface area contributed by atoms with E-state index in [0.717, 1.165) is 31.4 Å². The molecule has 1 aromatic rings. The number of rotatable bonds is 5. The van der Waals surface area contributed by atoms with E-state index < -0.39 is 5.60 Å². The van der Waals surface area contributed by atoms with E-state index in [-0.39, 0.29) is 0 Å². The lowest BCUT2D eigenvalue weighted by atomic mass is 9.85. The summed E-state index contributed by atoms with van der Waals surface area (Å²) < 4.78 is 5.39. The predicted molar refractivity (Wildman–Crippen MR) is 74.5 cm³/mol. The summed E-state index contributed by atoms with van der Waals surface area (Å²) in [5.74, 6) is 1.11. The first-order valence-corrected chi connectivity index (χ1v) is 7.06. The second kappa shape index (κ2) is 6.19. The Morgan fingerprint density at radius 1 is 1.32 bits per heavy atom. The molecule has 0 atom stereocenters. The van der Waals surface area contributed by atoms with E-state index in [1.54, 1.807) is 0 Å². The Morgan fingerprint density at radius 3 is 2.74 bits per heavy atom. The predicted octanol–water partition coefficient (Wildman–Crippen LogP) is 2.29. The molecule has 1 saturated carbocycles. The van der Waals surface area contributed by atoms with Crippen molar-refractivity contribution < 1.29 is 9.84 Å². The van der Waals surface area contributed by atoms with Crippen molar-refractivity contribution in [3.8, 4) is 5.88 Å². The first kappa shape index (κ1) is 14.1. The third kappa shape index (κ3) is 4.06. The number of anilines is 1. The minimum atomic E-state index is -0.614. The van der Waals surface area contributed by atoms with Crippen LogP contribution in [0.5, 0.6) is 5.88 Å². The fourth-order valence-electron chi connectivity index (χ4n) is 2.47. The number of hydrogen-bond acceptors (Lipinski definition) is 5. The van der Waals surface area contributed by atoms with Gasteiger partial charge in [0.05, 0.1) is 12.2 Å². The molecule has 1 aliphatic rings. The van der Waals surface area contributed by atoms with Crippen molar-refractivity contribution in [1.29, 1.82) is 0 Å². The van der Waals surface area contributed by atoms with E-state index in [4.69, 9.17) is 4.74 Å². The molecule has 5 heteroatoms. The monoisotopic (exact) mass is 265 g/mol. The Morgan fingerprint density at radius 2 is 2.05 bits per heavy atom. The molecule has 0 spiro atoms. The third-order valence-electron chi connectivity index (χ3n) is 3.48. The minimum Gasteiger partial charge on any atom is -0.478 e. The SMILES string of the molecule is CCOc1cc(C)nc(NCC2(O)CCCCC2)n1. The molecule has 0 saturated heterocycles.